The molecule has 3 N–H and O–H groups in total. The van der Waals surface area contributed by atoms with Crippen molar-refractivity contribution >= 4 is 23.2 Å². The van der Waals surface area contributed by atoms with Gasteiger partial charge in [-0.25, -0.2) is 0 Å². The van der Waals surface area contributed by atoms with Crippen molar-refractivity contribution in [2.45, 2.75) is 19.4 Å². The predicted octanol–water partition coefficient (Wildman–Crippen LogP) is 3.64. The number of hydrogen-bond acceptors (Lipinski definition) is 3. The van der Waals surface area contributed by atoms with Gasteiger partial charge in [0.15, 0.2) is 0 Å². The lowest BCUT2D eigenvalue weighted by molar-refractivity contribution is 0.511. The Morgan fingerprint density at radius 3 is 2.72 bits per heavy atom. The summed E-state index contributed by atoms with van der Waals surface area (Å²) in [5.41, 5.74) is 4.71. The number of rotatable bonds is 4. The first kappa shape index (κ1) is 13.4. The largest absolute Gasteiger partial charge is 0.469 e. The van der Waals surface area contributed by atoms with Gasteiger partial charge in [-0.2, -0.15) is 0 Å². The summed E-state index contributed by atoms with van der Waals surface area (Å²) in [4.78, 5) is 0. The van der Waals surface area contributed by atoms with Gasteiger partial charge < -0.3 is 4.42 Å². The molecule has 2 rings (SSSR count). The maximum absolute atomic E-state index is 6.14. The smallest absolute Gasteiger partial charge is 0.101 e. The summed E-state index contributed by atoms with van der Waals surface area (Å²) in [5.74, 6) is 6.43. The highest BCUT2D eigenvalue weighted by atomic mass is 35.5. The summed E-state index contributed by atoms with van der Waals surface area (Å²) < 4.78 is 5.28. The van der Waals surface area contributed by atoms with Gasteiger partial charge in [-0.15, -0.1) is 0 Å². The van der Waals surface area contributed by atoms with E-state index in [0.717, 1.165) is 16.9 Å². The highest BCUT2D eigenvalue weighted by Gasteiger charge is 2.14. The van der Waals surface area contributed by atoms with Crippen LogP contribution in [0.25, 0.3) is 0 Å². The lowest BCUT2D eigenvalue weighted by Gasteiger charge is -2.15. The summed E-state index contributed by atoms with van der Waals surface area (Å²) in [6.07, 6.45) is 2.34. The zero-order chi connectivity index (χ0) is 13.1. The van der Waals surface area contributed by atoms with Crippen molar-refractivity contribution in [1.29, 1.82) is 0 Å². The SMILES string of the molecule is Cc1cc(C(Cc2cc(Cl)ccc2Cl)NN)co1. The molecule has 0 aliphatic rings. The average molecular weight is 285 g/mol. The molecule has 1 heterocycles. The third kappa shape index (κ3) is 3.06. The molecule has 96 valence electrons. The van der Waals surface area contributed by atoms with Crippen LogP contribution < -0.4 is 11.3 Å². The van der Waals surface area contributed by atoms with Gasteiger partial charge in [-0.1, -0.05) is 23.2 Å². The van der Waals surface area contributed by atoms with Crippen molar-refractivity contribution in [2.24, 2.45) is 5.84 Å². The summed E-state index contributed by atoms with van der Waals surface area (Å²) in [5, 5.41) is 1.34. The number of halogens is 2. The van der Waals surface area contributed by atoms with E-state index >= 15 is 0 Å². The van der Waals surface area contributed by atoms with E-state index in [1.165, 1.54) is 0 Å². The number of hydrazine groups is 1. The molecule has 0 bridgehead atoms. The molecule has 2 aromatic rings. The van der Waals surface area contributed by atoms with Crippen LogP contribution in [0.5, 0.6) is 0 Å². The van der Waals surface area contributed by atoms with Crippen molar-refractivity contribution in [2.75, 3.05) is 0 Å². The molecule has 1 aromatic carbocycles. The molecular weight excluding hydrogens is 271 g/mol. The highest BCUT2D eigenvalue weighted by Crippen LogP contribution is 2.26. The second kappa shape index (κ2) is 5.76. The maximum Gasteiger partial charge on any atom is 0.101 e. The number of furan rings is 1. The van der Waals surface area contributed by atoms with Crippen molar-refractivity contribution in [1.82, 2.24) is 5.43 Å². The Morgan fingerprint density at radius 1 is 1.33 bits per heavy atom. The van der Waals surface area contributed by atoms with E-state index in [1.54, 1.807) is 18.4 Å². The lowest BCUT2D eigenvalue weighted by atomic mass is 10.0. The quantitative estimate of drug-likeness (QED) is 0.666. The second-order valence-corrected chi connectivity index (χ2v) is 4.99. The van der Waals surface area contributed by atoms with Crippen LogP contribution in [0.4, 0.5) is 0 Å². The van der Waals surface area contributed by atoms with Gasteiger partial charge >= 0.3 is 0 Å². The Morgan fingerprint density at radius 2 is 2.11 bits per heavy atom. The Balaban J connectivity index is 2.22. The third-order valence-corrected chi connectivity index (χ3v) is 3.39. The van der Waals surface area contributed by atoms with Crippen LogP contribution in [0.2, 0.25) is 10.0 Å². The predicted molar refractivity (Wildman–Crippen MR) is 73.7 cm³/mol. The van der Waals surface area contributed by atoms with Crippen molar-refractivity contribution in [3.05, 3.63) is 57.5 Å². The van der Waals surface area contributed by atoms with E-state index in [-0.39, 0.29) is 6.04 Å². The molecule has 0 amide bonds. The topological polar surface area (TPSA) is 51.2 Å². The second-order valence-electron chi connectivity index (χ2n) is 4.15. The molecule has 0 aliphatic heterocycles. The van der Waals surface area contributed by atoms with Crippen molar-refractivity contribution in [3.63, 3.8) is 0 Å². The van der Waals surface area contributed by atoms with Crippen LogP contribution in [0, 0.1) is 6.92 Å². The molecule has 1 atom stereocenters. The number of benzene rings is 1. The molecular formula is C13H14Cl2N2O. The summed E-state index contributed by atoms with van der Waals surface area (Å²) >= 11 is 12.1. The zero-order valence-electron chi connectivity index (χ0n) is 9.91. The molecule has 0 spiro atoms. The van der Waals surface area contributed by atoms with E-state index in [0.29, 0.717) is 16.5 Å². The molecule has 1 unspecified atom stereocenters. The number of hydrogen-bond donors (Lipinski definition) is 2. The van der Waals surface area contributed by atoms with Crippen LogP contribution in [-0.4, -0.2) is 0 Å². The van der Waals surface area contributed by atoms with E-state index in [9.17, 15) is 0 Å². The summed E-state index contributed by atoms with van der Waals surface area (Å²) in [7, 11) is 0. The average Bonchev–Trinajstić information content (AvgIpc) is 2.77. The van der Waals surface area contributed by atoms with Crippen molar-refractivity contribution < 1.29 is 4.42 Å². The van der Waals surface area contributed by atoms with Crippen LogP contribution in [0.3, 0.4) is 0 Å². The Labute approximate surface area is 116 Å². The number of aryl methyl sites for hydroxylation is 1. The highest BCUT2D eigenvalue weighted by molar-refractivity contribution is 6.33. The van der Waals surface area contributed by atoms with E-state index in [1.807, 2.05) is 19.1 Å². The third-order valence-electron chi connectivity index (χ3n) is 2.79. The minimum absolute atomic E-state index is 0.0570. The van der Waals surface area contributed by atoms with Gasteiger partial charge in [0, 0.05) is 15.6 Å². The molecule has 18 heavy (non-hydrogen) atoms. The molecule has 3 nitrogen and oxygen atoms in total. The van der Waals surface area contributed by atoms with E-state index < -0.39 is 0 Å². The van der Waals surface area contributed by atoms with Gasteiger partial charge in [-0.3, -0.25) is 11.3 Å². The fraction of sp³-hybridized carbons (Fsp3) is 0.231. The molecule has 0 aliphatic carbocycles. The first-order valence-electron chi connectivity index (χ1n) is 5.55. The first-order valence-corrected chi connectivity index (χ1v) is 6.31. The van der Waals surface area contributed by atoms with Gasteiger partial charge in [-0.05, 0) is 43.2 Å². The van der Waals surface area contributed by atoms with Crippen LogP contribution in [-0.2, 0) is 6.42 Å². The lowest BCUT2D eigenvalue weighted by Crippen LogP contribution is -2.29. The van der Waals surface area contributed by atoms with Crippen molar-refractivity contribution in [3.8, 4) is 0 Å². The van der Waals surface area contributed by atoms with Gasteiger partial charge in [0.05, 0.1) is 12.3 Å². The number of nitrogens with two attached hydrogens (primary N) is 1. The maximum atomic E-state index is 6.14. The first-order chi connectivity index (χ1) is 8.60. The Kier molecular flexibility index (Phi) is 4.30. The van der Waals surface area contributed by atoms with E-state index in [4.69, 9.17) is 33.5 Å². The van der Waals surface area contributed by atoms with Gasteiger partial charge in [0.1, 0.15) is 5.76 Å². The van der Waals surface area contributed by atoms with Gasteiger partial charge in [0.2, 0.25) is 0 Å². The minimum atomic E-state index is -0.0570. The Bertz CT molecular complexity index is 540. The normalized spacial score (nSPS) is 12.7. The molecule has 1 aromatic heterocycles. The molecule has 5 heteroatoms. The minimum Gasteiger partial charge on any atom is -0.469 e. The molecule has 0 fully saturated rings. The van der Waals surface area contributed by atoms with Crippen LogP contribution in [0.15, 0.2) is 34.9 Å². The molecule has 0 saturated heterocycles. The van der Waals surface area contributed by atoms with E-state index in [2.05, 4.69) is 5.43 Å². The monoisotopic (exact) mass is 284 g/mol. The van der Waals surface area contributed by atoms with Crippen LogP contribution in [0.1, 0.15) is 22.9 Å². The zero-order valence-corrected chi connectivity index (χ0v) is 11.4. The molecule has 0 saturated carbocycles. The summed E-state index contributed by atoms with van der Waals surface area (Å²) in [6.45, 7) is 1.89. The summed E-state index contributed by atoms with van der Waals surface area (Å²) in [6, 6.07) is 7.29. The van der Waals surface area contributed by atoms with Gasteiger partial charge in [0.25, 0.3) is 0 Å². The standard InChI is InChI=1S/C13H14Cl2N2O/c1-8-4-10(7-18-8)13(17-16)6-9-5-11(14)2-3-12(9)15/h2-5,7,13,17H,6,16H2,1H3. The fourth-order valence-electron chi connectivity index (χ4n) is 1.84. The Hall–Kier alpha value is -1.00. The molecule has 0 radical (unpaired) electrons. The van der Waals surface area contributed by atoms with Crippen LogP contribution >= 0.6 is 23.2 Å². The fourth-order valence-corrected chi connectivity index (χ4v) is 2.23. The number of nitrogens with one attached hydrogen (secondary N) is 1.